The molecule has 3 aromatic rings. The van der Waals surface area contributed by atoms with E-state index in [1.54, 1.807) is 53.5 Å². The molecule has 0 spiro atoms. The van der Waals surface area contributed by atoms with Gasteiger partial charge in [0.2, 0.25) is 12.1 Å². The van der Waals surface area contributed by atoms with E-state index in [2.05, 4.69) is 19.2 Å². The topological polar surface area (TPSA) is 172 Å². The molecule has 0 bridgehead atoms. The molecule has 348 valence electrons. The lowest BCUT2D eigenvalue weighted by molar-refractivity contribution is -0.384. The number of nitro groups is 1. The van der Waals surface area contributed by atoms with Crippen molar-refractivity contribution in [1.82, 2.24) is 4.90 Å². The van der Waals surface area contributed by atoms with Crippen LogP contribution in [0.2, 0.25) is 0 Å². The minimum atomic E-state index is -1.59. The molecule has 7 atom stereocenters. The molecular formula is C50H60FN3O11. The first kappa shape index (κ1) is 47.4. The number of nitrogens with zero attached hydrogens (tertiary/aromatic N) is 3. The number of unbranched alkanes of at least 4 members (excludes halogenated alkanes) is 2. The molecule has 2 aliphatic heterocycles. The van der Waals surface area contributed by atoms with Crippen LogP contribution in [0.5, 0.6) is 17.2 Å². The van der Waals surface area contributed by atoms with Crippen molar-refractivity contribution in [3.05, 3.63) is 131 Å². The average Bonchev–Trinajstić information content (AvgIpc) is 3.31. The Morgan fingerprint density at radius 1 is 1.00 bits per heavy atom. The molecule has 7 rings (SSSR count). The Labute approximate surface area is 379 Å². The summed E-state index contributed by atoms with van der Waals surface area (Å²) in [6.45, 7) is 8.52. The molecule has 15 heteroatoms. The number of oxime groups is 1. The fourth-order valence-electron chi connectivity index (χ4n) is 9.83. The number of benzene rings is 3. The standard InChI is InChI=1S/C50H60FN3O11/c1-3-5-27-61-49(57)53(33-34-18-20-36(51)21-19-34)45-32-43(52-65-46-17-8-11-28-60-46)41-29-35(13-6-9-24-55)40(16-7-10-25-56)47-42-31-39(63-38-15-12-14-37(30-38)54(58)59)22-23-44(42)64-50(45,48(41)47)62-26-4-2/h3-4,12,14-15,18-23,29-31,35,40,45-48,55-56H,1-2,5-11,13,16-17,24-28,32-33H2/t35-,40+,45-,46?,47+,48+,50+/m0/s1. The van der Waals surface area contributed by atoms with Crippen LogP contribution in [-0.2, 0) is 25.6 Å². The number of allylic oxidation sites excluding steroid dienone is 1. The van der Waals surface area contributed by atoms with Gasteiger partial charge in [-0.1, -0.05) is 54.4 Å². The van der Waals surface area contributed by atoms with Gasteiger partial charge in [-0.3, -0.25) is 15.0 Å². The van der Waals surface area contributed by atoms with Crippen LogP contribution < -0.4 is 9.47 Å². The second-order valence-electron chi connectivity index (χ2n) is 17.0. The molecule has 2 N–H and O–H groups in total. The van der Waals surface area contributed by atoms with Crippen LogP contribution in [-0.4, -0.2) is 83.0 Å². The maximum absolute atomic E-state index is 14.7. The summed E-state index contributed by atoms with van der Waals surface area (Å²) in [6, 6.07) is 16.5. The number of amides is 1. The highest BCUT2D eigenvalue weighted by molar-refractivity contribution is 6.03. The zero-order valence-electron chi connectivity index (χ0n) is 36.8. The number of hydrogen-bond donors (Lipinski definition) is 2. The van der Waals surface area contributed by atoms with Crippen LogP contribution >= 0.6 is 0 Å². The molecule has 2 fully saturated rings. The van der Waals surface area contributed by atoms with Gasteiger partial charge in [-0.05, 0) is 104 Å². The molecule has 1 unspecified atom stereocenters. The smallest absolute Gasteiger partial charge is 0.410 e. The van der Waals surface area contributed by atoms with Gasteiger partial charge in [0.15, 0.2) is 0 Å². The molecule has 4 aliphatic rings. The van der Waals surface area contributed by atoms with E-state index in [0.29, 0.717) is 67.9 Å². The van der Waals surface area contributed by atoms with Crippen LogP contribution in [0.4, 0.5) is 14.9 Å². The maximum atomic E-state index is 14.7. The predicted octanol–water partition coefficient (Wildman–Crippen LogP) is 9.90. The zero-order chi connectivity index (χ0) is 45.8. The summed E-state index contributed by atoms with van der Waals surface area (Å²) in [7, 11) is 0. The normalized spacial score (nSPS) is 25.0. The summed E-state index contributed by atoms with van der Waals surface area (Å²) in [5, 5.41) is 36.5. The van der Waals surface area contributed by atoms with Gasteiger partial charge in [-0.25, -0.2) is 9.18 Å². The van der Waals surface area contributed by atoms with Gasteiger partial charge in [0.25, 0.3) is 5.69 Å². The zero-order valence-corrected chi connectivity index (χ0v) is 36.8. The lowest BCUT2D eigenvalue weighted by atomic mass is 9.55. The molecule has 2 aliphatic carbocycles. The Hall–Kier alpha value is -5.61. The third kappa shape index (κ3) is 11.1. The quantitative estimate of drug-likeness (QED) is 0.0426. The molecule has 1 saturated heterocycles. The highest BCUT2D eigenvalue weighted by Gasteiger charge is 2.65. The first-order valence-corrected chi connectivity index (χ1v) is 22.8. The fraction of sp³-hybridized carbons (Fsp3) is 0.480. The number of non-ortho nitro benzene ring substituents is 1. The second-order valence-corrected chi connectivity index (χ2v) is 17.0. The number of ether oxygens (including phenoxy) is 5. The van der Waals surface area contributed by atoms with E-state index in [4.69, 9.17) is 33.7 Å². The van der Waals surface area contributed by atoms with Gasteiger partial charge in [-0.2, -0.15) is 0 Å². The van der Waals surface area contributed by atoms with E-state index in [-0.39, 0.29) is 68.6 Å². The van der Waals surface area contributed by atoms with Crippen LogP contribution in [0.15, 0.2) is 109 Å². The van der Waals surface area contributed by atoms with Crippen molar-refractivity contribution in [2.75, 3.05) is 33.0 Å². The molecule has 1 amide bonds. The molecule has 65 heavy (non-hydrogen) atoms. The van der Waals surface area contributed by atoms with Gasteiger partial charge in [0.1, 0.15) is 29.1 Å². The highest BCUT2D eigenvalue weighted by atomic mass is 19.1. The summed E-state index contributed by atoms with van der Waals surface area (Å²) >= 11 is 0. The summed E-state index contributed by atoms with van der Waals surface area (Å²) in [5.41, 5.74) is 2.74. The fourth-order valence-corrected chi connectivity index (χ4v) is 9.83. The molecular weight excluding hydrogens is 838 g/mol. The van der Waals surface area contributed by atoms with Crippen molar-refractivity contribution < 1.29 is 52.8 Å². The Morgan fingerprint density at radius 2 is 1.78 bits per heavy atom. The number of aliphatic hydroxyl groups excluding tert-OH is 2. The third-order valence-corrected chi connectivity index (χ3v) is 12.8. The minimum Gasteiger partial charge on any atom is -0.459 e. The monoisotopic (exact) mass is 897 g/mol. The maximum Gasteiger partial charge on any atom is 0.410 e. The Kier molecular flexibility index (Phi) is 16.4. The minimum absolute atomic E-state index is 0.00327. The molecule has 0 radical (unpaired) electrons. The average molecular weight is 898 g/mol. The number of aliphatic hydroxyl groups is 2. The van der Waals surface area contributed by atoms with Crippen LogP contribution in [0, 0.1) is 33.7 Å². The Morgan fingerprint density at radius 3 is 2.51 bits per heavy atom. The SMILES string of the molecule is C=CCCOC(=O)N(Cc1ccc(F)cc1)[C@H]1CC(=NOC2CCCCO2)C2=C[C@H](CCCCO)[C@@H](CCCCO)[C@@H]3c4cc(Oc5cccc([N+](=O)[O-])c5)ccc4O[C@@]1(OCC=C)[C@H]23. The summed E-state index contributed by atoms with van der Waals surface area (Å²) in [4.78, 5) is 33.7. The number of carbonyl (C=O) groups excluding carboxylic acids is 1. The van der Waals surface area contributed by atoms with E-state index in [0.717, 1.165) is 36.8 Å². The third-order valence-electron chi connectivity index (χ3n) is 12.8. The Bertz CT molecular complexity index is 2180. The van der Waals surface area contributed by atoms with Gasteiger partial charge < -0.3 is 38.7 Å². The molecule has 2 heterocycles. The van der Waals surface area contributed by atoms with Crippen LogP contribution in [0.1, 0.15) is 87.7 Å². The van der Waals surface area contributed by atoms with E-state index in [9.17, 15) is 29.5 Å². The van der Waals surface area contributed by atoms with Crippen molar-refractivity contribution in [1.29, 1.82) is 0 Å². The Balaban J connectivity index is 1.45. The molecule has 0 aromatic heterocycles. The second kappa shape index (κ2) is 22.5. The van der Waals surface area contributed by atoms with Crippen molar-refractivity contribution in [3.63, 3.8) is 0 Å². The lowest BCUT2D eigenvalue weighted by Crippen LogP contribution is -2.70. The van der Waals surface area contributed by atoms with Gasteiger partial charge in [0.05, 0.1) is 42.4 Å². The first-order valence-electron chi connectivity index (χ1n) is 22.8. The van der Waals surface area contributed by atoms with Crippen molar-refractivity contribution >= 4 is 17.5 Å². The predicted molar refractivity (Wildman–Crippen MR) is 241 cm³/mol. The first-order chi connectivity index (χ1) is 31.7. The van der Waals surface area contributed by atoms with E-state index in [1.165, 1.54) is 24.3 Å². The number of carbonyl (C=O) groups is 1. The van der Waals surface area contributed by atoms with E-state index >= 15 is 0 Å². The number of fused-ring (bicyclic) bond motifs is 2. The summed E-state index contributed by atoms with van der Waals surface area (Å²) < 4.78 is 46.9. The lowest BCUT2D eigenvalue weighted by Gasteiger charge is -2.59. The van der Waals surface area contributed by atoms with E-state index in [1.807, 2.05) is 6.07 Å². The van der Waals surface area contributed by atoms with Gasteiger partial charge in [-0.15, -0.1) is 13.2 Å². The van der Waals surface area contributed by atoms with Crippen molar-refractivity contribution in [2.45, 2.75) is 101 Å². The number of nitro benzene ring substituents is 1. The summed E-state index contributed by atoms with van der Waals surface area (Å²) in [5.74, 6) is -1.94. The molecule has 14 nitrogen and oxygen atoms in total. The number of hydrogen-bond acceptors (Lipinski definition) is 12. The van der Waals surface area contributed by atoms with Gasteiger partial charge in [0, 0.05) is 50.1 Å². The van der Waals surface area contributed by atoms with Gasteiger partial charge >= 0.3 is 6.09 Å². The molecule has 1 saturated carbocycles. The largest absolute Gasteiger partial charge is 0.459 e. The number of rotatable bonds is 22. The van der Waals surface area contributed by atoms with Crippen LogP contribution in [0.3, 0.4) is 0 Å². The molecule has 3 aromatic carbocycles. The van der Waals surface area contributed by atoms with Crippen LogP contribution in [0.25, 0.3) is 0 Å². The van der Waals surface area contributed by atoms with Crippen molar-refractivity contribution in [3.8, 4) is 17.2 Å². The highest BCUT2D eigenvalue weighted by Crippen LogP contribution is 2.62. The van der Waals surface area contributed by atoms with E-state index < -0.39 is 40.9 Å². The summed E-state index contributed by atoms with van der Waals surface area (Å²) in [6.07, 6.45) is 11.5. The number of halogens is 1. The van der Waals surface area contributed by atoms with Crippen molar-refractivity contribution in [2.24, 2.45) is 22.9 Å².